The third-order valence-electron chi connectivity index (χ3n) is 4.06. The molecule has 19 heavy (non-hydrogen) atoms. The number of hydrogen-bond acceptors (Lipinski definition) is 5. The van der Waals surface area contributed by atoms with Crippen molar-refractivity contribution in [1.82, 2.24) is 0 Å². The van der Waals surface area contributed by atoms with Crippen LogP contribution in [0.4, 0.5) is 13.2 Å². The van der Waals surface area contributed by atoms with Crippen molar-refractivity contribution in [1.29, 1.82) is 0 Å². The van der Waals surface area contributed by atoms with Crippen LogP contribution in [0.5, 0.6) is 0 Å². The van der Waals surface area contributed by atoms with E-state index in [0.29, 0.717) is 12.8 Å². The second kappa shape index (κ2) is 4.07. The van der Waals surface area contributed by atoms with E-state index in [9.17, 15) is 23.1 Å². The van der Waals surface area contributed by atoms with Crippen LogP contribution in [0.2, 0.25) is 0 Å². The third-order valence-corrected chi connectivity index (χ3v) is 4.06. The zero-order valence-corrected chi connectivity index (χ0v) is 10.4. The van der Waals surface area contributed by atoms with Crippen molar-refractivity contribution in [2.75, 3.05) is 6.61 Å². The lowest BCUT2D eigenvalue weighted by Gasteiger charge is -2.55. The molecular formula is C11H16F3NO4. The van der Waals surface area contributed by atoms with Crippen LogP contribution in [0.25, 0.3) is 0 Å². The van der Waals surface area contributed by atoms with Crippen LogP contribution in [0.15, 0.2) is 0 Å². The first-order valence-corrected chi connectivity index (χ1v) is 5.95. The summed E-state index contributed by atoms with van der Waals surface area (Å²) in [4.78, 5) is 10.9. The molecule has 2 saturated heterocycles. The molecule has 1 saturated carbocycles. The minimum Gasteiger partial charge on any atom is -0.424 e. The first kappa shape index (κ1) is 14.5. The van der Waals surface area contributed by atoms with Gasteiger partial charge in [0.05, 0.1) is 6.61 Å². The number of aliphatic hydroxyl groups is 1. The van der Waals surface area contributed by atoms with E-state index in [2.05, 4.69) is 4.74 Å². The van der Waals surface area contributed by atoms with Gasteiger partial charge in [-0.15, -0.1) is 0 Å². The summed E-state index contributed by atoms with van der Waals surface area (Å²) in [5.41, 5.74) is 4.17. The minimum absolute atomic E-state index is 0.132. The minimum atomic E-state index is -5.15. The molecule has 110 valence electrons. The fraction of sp³-hybridized carbons (Fsp3) is 0.909. The Morgan fingerprint density at radius 1 is 1.32 bits per heavy atom. The number of halogens is 3. The third kappa shape index (κ3) is 2.44. The molecule has 1 unspecified atom stereocenters. The van der Waals surface area contributed by atoms with Crippen LogP contribution in [0.3, 0.4) is 0 Å². The summed E-state index contributed by atoms with van der Waals surface area (Å²) < 4.78 is 46.2. The van der Waals surface area contributed by atoms with Crippen molar-refractivity contribution in [2.45, 2.75) is 55.7 Å². The SMILES string of the molecule is CC(O)(OC(=O)C(F)(F)F)C12CCC(N)(CC1)CO2. The van der Waals surface area contributed by atoms with Crippen LogP contribution >= 0.6 is 0 Å². The number of ether oxygens (including phenoxy) is 2. The largest absolute Gasteiger partial charge is 0.491 e. The van der Waals surface area contributed by atoms with Gasteiger partial charge in [0.15, 0.2) is 0 Å². The molecule has 0 amide bonds. The van der Waals surface area contributed by atoms with Gasteiger partial charge in [0.2, 0.25) is 5.79 Å². The van der Waals surface area contributed by atoms with Gasteiger partial charge in [0.25, 0.3) is 0 Å². The molecule has 3 aliphatic rings. The highest BCUT2D eigenvalue weighted by atomic mass is 19.4. The normalized spacial score (nSPS) is 37.8. The van der Waals surface area contributed by atoms with Crippen LogP contribution in [-0.4, -0.2) is 40.8 Å². The molecular weight excluding hydrogens is 267 g/mol. The van der Waals surface area contributed by atoms with Gasteiger partial charge in [-0.1, -0.05) is 0 Å². The Hall–Kier alpha value is -0.860. The van der Waals surface area contributed by atoms with Gasteiger partial charge < -0.3 is 20.3 Å². The fourth-order valence-electron chi connectivity index (χ4n) is 2.65. The van der Waals surface area contributed by atoms with Gasteiger partial charge in [-0.25, -0.2) is 4.79 Å². The molecule has 0 spiro atoms. The van der Waals surface area contributed by atoms with Crippen LogP contribution < -0.4 is 5.73 Å². The maximum atomic E-state index is 12.2. The lowest BCUT2D eigenvalue weighted by Crippen LogP contribution is -2.68. The van der Waals surface area contributed by atoms with E-state index in [-0.39, 0.29) is 19.4 Å². The number of fused-ring (bicyclic) bond motifs is 3. The topological polar surface area (TPSA) is 81.8 Å². The van der Waals surface area contributed by atoms with Crippen molar-refractivity contribution in [3.8, 4) is 0 Å². The number of hydrogen-bond donors (Lipinski definition) is 2. The molecule has 3 N–H and O–H groups in total. The zero-order chi connectivity index (χ0) is 14.5. The molecule has 0 aromatic heterocycles. The maximum absolute atomic E-state index is 12.2. The highest BCUT2D eigenvalue weighted by molar-refractivity contribution is 5.76. The van der Waals surface area contributed by atoms with Crippen molar-refractivity contribution < 1.29 is 32.5 Å². The number of carbonyl (C=O) groups is 1. The first-order chi connectivity index (χ1) is 8.50. The highest BCUT2D eigenvalue weighted by Crippen LogP contribution is 2.48. The van der Waals surface area contributed by atoms with Gasteiger partial charge in [0.1, 0.15) is 5.60 Å². The van der Waals surface area contributed by atoms with Crippen molar-refractivity contribution in [3.63, 3.8) is 0 Å². The van der Waals surface area contributed by atoms with Gasteiger partial charge >= 0.3 is 12.1 Å². The zero-order valence-electron chi connectivity index (χ0n) is 10.4. The van der Waals surface area contributed by atoms with Gasteiger partial charge in [-0.05, 0) is 25.7 Å². The van der Waals surface area contributed by atoms with E-state index in [1.807, 2.05) is 0 Å². The lowest BCUT2D eigenvalue weighted by atomic mass is 9.68. The van der Waals surface area contributed by atoms with Gasteiger partial charge in [-0.2, -0.15) is 13.2 Å². The predicted molar refractivity (Wildman–Crippen MR) is 56.8 cm³/mol. The second-order valence-electron chi connectivity index (χ2n) is 5.52. The summed E-state index contributed by atoms with van der Waals surface area (Å²) >= 11 is 0. The molecule has 0 radical (unpaired) electrons. The Balaban J connectivity index is 2.14. The summed E-state index contributed by atoms with van der Waals surface area (Å²) in [7, 11) is 0. The van der Waals surface area contributed by atoms with E-state index in [4.69, 9.17) is 10.5 Å². The van der Waals surface area contributed by atoms with Crippen LogP contribution in [-0.2, 0) is 14.3 Å². The van der Waals surface area contributed by atoms with Crippen molar-refractivity contribution >= 4 is 5.97 Å². The Kier molecular flexibility index (Phi) is 3.11. The van der Waals surface area contributed by atoms with E-state index >= 15 is 0 Å². The van der Waals surface area contributed by atoms with Gasteiger partial charge in [-0.3, -0.25) is 0 Å². The molecule has 0 aromatic carbocycles. The number of carbonyl (C=O) groups excluding carboxylic acids is 1. The quantitative estimate of drug-likeness (QED) is 0.580. The van der Waals surface area contributed by atoms with Crippen LogP contribution in [0.1, 0.15) is 32.6 Å². The molecule has 5 nitrogen and oxygen atoms in total. The lowest BCUT2D eigenvalue weighted by molar-refractivity contribution is -0.330. The van der Waals surface area contributed by atoms with Crippen molar-refractivity contribution in [3.05, 3.63) is 0 Å². The Bertz CT molecular complexity index is 369. The number of alkyl halides is 3. The van der Waals surface area contributed by atoms with E-state index < -0.39 is 29.1 Å². The smallest absolute Gasteiger partial charge is 0.424 e. The molecule has 1 aliphatic carbocycles. The van der Waals surface area contributed by atoms with Crippen LogP contribution in [0, 0.1) is 0 Å². The number of nitrogens with two attached hydrogens (primary N) is 1. The van der Waals surface area contributed by atoms with E-state index in [0.717, 1.165) is 6.92 Å². The molecule has 8 heteroatoms. The van der Waals surface area contributed by atoms with Gasteiger partial charge in [0, 0.05) is 12.5 Å². The molecule has 3 rings (SSSR count). The summed E-state index contributed by atoms with van der Waals surface area (Å²) in [6, 6.07) is 0. The number of esters is 1. The average molecular weight is 283 g/mol. The summed E-state index contributed by atoms with van der Waals surface area (Å²) in [5, 5.41) is 10.1. The monoisotopic (exact) mass is 283 g/mol. The molecule has 2 bridgehead atoms. The molecule has 0 aromatic rings. The second-order valence-corrected chi connectivity index (χ2v) is 5.52. The average Bonchev–Trinajstić information content (AvgIpc) is 2.28. The summed E-state index contributed by atoms with van der Waals surface area (Å²) in [5.74, 6) is -4.76. The summed E-state index contributed by atoms with van der Waals surface area (Å²) in [6.45, 7) is 1.15. The highest BCUT2D eigenvalue weighted by Gasteiger charge is 2.60. The van der Waals surface area contributed by atoms with E-state index in [1.165, 1.54) is 0 Å². The molecule has 3 fully saturated rings. The predicted octanol–water partition coefficient (Wildman–Crippen LogP) is 0.841. The molecule has 1 atom stereocenters. The van der Waals surface area contributed by atoms with Crippen molar-refractivity contribution in [2.24, 2.45) is 5.73 Å². The summed E-state index contributed by atoms with van der Waals surface area (Å²) in [6.07, 6.45) is -3.63. The molecule has 2 aliphatic heterocycles. The first-order valence-electron chi connectivity index (χ1n) is 5.95. The Morgan fingerprint density at radius 2 is 1.84 bits per heavy atom. The Labute approximate surface area is 107 Å². The molecule has 2 heterocycles. The fourth-order valence-corrected chi connectivity index (χ4v) is 2.65. The Morgan fingerprint density at radius 3 is 2.21 bits per heavy atom. The standard InChI is InChI=1S/C11H16F3NO4/c1-8(17,19-7(16)11(12,13)14)10-4-2-9(15,3-5-10)6-18-10/h17H,2-6,15H2,1H3. The maximum Gasteiger partial charge on any atom is 0.491 e. The van der Waals surface area contributed by atoms with E-state index in [1.54, 1.807) is 0 Å². The number of rotatable bonds is 2.